The van der Waals surface area contributed by atoms with Crippen molar-refractivity contribution in [2.24, 2.45) is 0 Å². The van der Waals surface area contributed by atoms with Crippen LogP contribution in [0.4, 0.5) is 11.4 Å². The number of anilines is 2. The lowest BCUT2D eigenvalue weighted by molar-refractivity contribution is -0.146. The third-order valence-electron chi connectivity index (χ3n) is 5.04. The average Bonchev–Trinajstić information content (AvgIpc) is 2.92. The number of carbonyl (C=O) groups is 4. The molecule has 3 aromatic rings. The van der Waals surface area contributed by atoms with Gasteiger partial charge in [0.25, 0.3) is 17.7 Å². The van der Waals surface area contributed by atoms with Crippen LogP contribution in [-0.4, -0.2) is 50.1 Å². The quantitative estimate of drug-likeness (QED) is 0.311. The Morgan fingerprint density at radius 1 is 0.711 bits per heavy atom. The van der Waals surface area contributed by atoms with Gasteiger partial charge in [-0.3, -0.25) is 19.2 Å². The van der Waals surface area contributed by atoms with Crippen molar-refractivity contribution in [1.29, 1.82) is 0 Å². The Balaban J connectivity index is 1.41. The first kappa shape index (κ1) is 27.7. The topological polar surface area (TPSA) is 132 Å². The van der Waals surface area contributed by atoms with Gasteiger partial charge in [0.05, 0.1) is 18.8 Å². The van der Waals surface area contributed by atoms with Crippen molar-refractivity contribution < 1.29 is 33.4 Å². The molecule has 0 unspecified atom stereocenters. The molecule has 0 aliphatic rings. The molecule has 38 heavy (non-hydrogen) atoms. The lowest BCUT2D eigenvalue weighted by Crippen LogP contribution is -2.32. The van der Waals surface area contributed by atoms with Crippen molar-refractivity contribution in [3.05, 3.63) is 83.9 Å². The molecule has 0 aromatic heterocycles. The Morgan fingerprint density at radius 3 is 2.03 bits per heavy atom. The van der Waals surface area contributed by atoms with Gasteiger partial charge in [-0.2, -0.15) is 0 Å². The van der Waals surface area contributed by atoms with Crippen molar-refractivity contribution in [2.75, 3.05) is 37.0 Å². The molecule has 10 heteroatoms. The fraction of sp³-hybridized carbons (Fsp3) is 0.214. The zero-order valence-corrected chi connectivity index (χ0v) is 21.1. The summed E-state index contributed by atoms with van der Waals surface area (Å²) in [6.07, 6.45) is 0. The number of nitrogens with one attached hydrogen (secondary N) is 3. The molecule has 3 rings (SSSR count). The minimum absolute atomic E-state index is 0.288. The highest BCUT2D eigenvalue weighted by molar-refractivity contribution is 6.04. The van der Waals surface area contributed by atoms with Crippen LogP contribution < -0.4 is 25.4 Å². The molecule has 0 saturated heterocycles. The number of benzene rings is 3. The van der Waals surface area contributed by atoms with Crippen LogP contribution in [0.3, 0.4) is 0 Å². The zero-order chi connectivity index (χ0) is 27.3. The normalized spacial score (nSPS) is 10.2. The second-order valence-electron chi connectivity index (χ2n) is 7.81. The molecule has 0 spiro atoms. The van der Waals surface area contributed by atoms with E-state index in [9.17, 15) is 19.2 Å². The maximum atomic E-state index is 12.5. The maximum absolute atomic E-state index is 12.5. The van der Waals surface area contributed by atoms with Gasteiger partial charge in [-0.15, -0.1) is 0 Å². The number of hydrogen-bond acceptors (Lipinski definition) is 7. The van der Waals surface area contributed by atoms with Gasteiger partial charge in [0.1, 0.15) is 18.0 Å². The molecule has 198 valence electrons. The third kappa shape index (κ3) is 8.37. The van der Waals surface area contributed by atoms with Gasteiger partial charge < -0.3 is 30.2 Å². The average molecular weight is 520 g/mol. The summed E-state index contributed by atoms with van der Waals surface area (Å²) >= 11 is 0. The number of para-hydroxylation sites is 1. The Morgan fingerprint density at radius 2 is 1.34 bits per heavy atom. The van der Waals surface area contributed by atoms with E-state index in [2.05, 4.69) is 16.0 Å². The second kappa shape index (κ2) is 14.0. The van der Waals surface area contributed by atoms with E-state index in [1.54, 1.807) is 79.7 Å². The van der Waals surface area contributed by atoms with Crippen molar-refractivity contribution in [1.82, 2.24) is 5.32 Å². The van der Waals surface area contributed by atoms with E-state index < -0.39 is 30.9 Å². The predicted octanol–water partition coefficient (Wildman–Crippen LogP) is 3.65. The Hall–Kier alpha value is -4.86. The smallest absolute Gasteiger partial charge is 0.325 e. The summed E-state index contributed by atoms with van der Waals surface area (Å²) in [5.41, 5.74) is 1.72. The summed E-state index contributed by atoms with van der Waals surface area (Å²) < 4.78 is 15.7. The molecule has 0 saturated carbocycles. The lowest BCUT2D eigenvalue weighted by Gasteiger charge is -2.11. The summed E-state index contributed by atoms with van der Waals surface area (Å²) in [5, 5.41) is 7.81. The van der Waals surface area contributed by atoms with E-state index in [1.165, 1.54) is 0 Å². The number of rotatable bonds is 12. The molecule has 0 bridgehead atoms. The highest BCUT2D eigenvalue weighted by atomic mass is 16.5. The fourth-order valence-electron chi connectivity index (χ4n) is 3.29. The van der Waals surface area contributed by atoms with Gasteiger partial charge in [-0.1, -0.05) is 12.1 Å². The number of hydrogen-bond donors (Lipinski definition) is 3. The largest absolute Gasteiger partial charge is 0.494 e. The molecule has 0 aliphatic carbocycles. The third-order valence-corrected chi connectivity index (χ3v) is 5.04. The van der Waals surface area contributed by atoms with E-state index in [-0.39, 0.29) is 11.5 Å². The molecule has 3 amide bonds. The maximum Gasteiger partial charge on any atom is 0.325 e. The number of amides is 3. The van der Waals surface area contributed by atoms with E-state index in [0.29, 0.717) is 41.7 Å². The van der Waals surface area contributed by atoms with Crippen LogP contribution in [0.5, 0.6) is 11.5 Å². The molecule has 10 nitrogen and oxygen atoms in total. The minimum atomic E-state index is -0.774. The van der Waals surface area contributed by atoms with Crippen LogP contribution in [0.15, 0.2) is 72.8 Å². The van der Waals surface area contributed by atoms with Gasteiger partial charge in [0.2, 0.25) is 0 Å². The lowest BCUT2D eigenvalue weighted by atomic mass is 10.2. The summed E-state index contributed by atoms with van der Waals surface area (Å²) in [4.78, 5) is 48.9. The first-order chi connectivity index (χ1) is 18.4. The second-order valence-corrected chi connectivity index (χ2v) is 7.81. The molecule has 3 aromatic carbocycles. The molecule has 0 heterocycles. The monoisotopic (exact) mass is 519 g/mol. The van der Waals surface area contributed by atoms with Crippen LogP contribution in [0.2, 0.25) is 0 Å². The van der Waals surface area contributed by atoms with Gasteiger partial charge in [0.15, 0.2) is 6.61 Å². The van der Waals surface area contributed by atoms with Crippen LogP contribution in [0.1, 0.15) is 34.6 Å². The summed E-state index contributed by atoms with van der Waals surface area (Å²) in [6.45, 7) is 3.69. The van der Waals surface area contributed by atoms with Gasteiger partial charge in [0, 0.05) is 16.9 Å². The van der Waals surface area contributed by atoms with Crippen LogP contribution >= 0.6 is 0 Å². The molecule has 0 radical (unpaired) electrons. The first-order valence-electron chi connectivity index (χ1n) is 12.0. The Bertz CT molecular complexity index is 1260. The Labute approximate surface area is 220 Å². The van der Waals surface area contributed by atoms with Crippen molar-refractivity contribution >= 4 is 35.1 Å². The number of esters is 1. The van der Waals surface area contributed by atoms with Crippen molar-refractivity contribution in [3.8, 4) is 11.5 Å². The number of carbonyl (C=O) groups excluding carboxylic acids is 4. The van der Waals surface area contributed by atoms with Crippen LogP contribution in [-0.2, 0) is 14.3 Å². The summed E-state index contributed by atoms with van der Waals surface area (Å²) in [5.74, 6) is -1.04. The Kier molecular flexibility index (Phi) is 10.2. The van der Waals surface area contributed by atoms with Crippen LogP contribution in [0, 0.1) is 0 Å². The SMILES string of the molecule is CCOc1ccc(NC(=O)c2ccc(NC(=O)COC(=O)CNC(=O)c3ccccc3OCC)cc2)cc1. The molecule has 3 N–H and O–H groups in total. The van der Waals surface area contributed by atoms with Gasteiger partial charge in [-0.05, 0) is 74.5 Å². The number of ether oxygens (including phenoxy) is 3. The summed E-state index contributed by atoms with van der Waals surface area (Å²) in [7, 11) is 0. The highest BCUT2D eigenvalue weighted by Crippen LogP contribution is 2.18. The van der Waals surface area contributed by atoms with E-state index >= 15 is 0 Å². The zero-order valence-electron chi connectivity index (χ0n) is 21.1. The van der Waals surface area contributed by atoms with E-state index in [1.807, 2.05) is 6.92 Å². The molecule has 0 atom stereocenters. The first-order valence-corrected chi connectivity index (χ1v) is 12.0. The van der Waals surface area contributed by atoms with Gasteiger partial charge >= 0.3 is 5.97 Å². The molecule has 0 aliphatic heterocycles. The van der Waals surface area contributed by atoms with E-state index in [4.69, 9.17) is 14.2 Å². The fourth-order valence-corrected chi connectivity index (χ4v) is 3.29. The minimum Gasteiger partial charge on any atom is -0.494 e. The molecular formula is C28H29N3O7. The standard InChI is InChI=1S/C28H29N3O7/c1-3-36-22-15-13-21(14-16-22)31-27(34)19-9-11-20(12-10-19)30-25(32)18-38-26(33)17-29-28(35)23-7-5-6-8-24(23)37-4-2/h5-16H,3-4,17-18H2,1-2H3,(H,29,35)(H,30,32)(H,31,34). The van der Waals surface area contributed by atoms with E-state index in [0.717, 1.165) is 0 Å². The molecular weight excluding hydrogens is 490 g/mol. The van der Waals surface area contributed by atoms with Gasteiger partial charge in [-0.25, -0.2) is 0 Å². The predicted molar refractivity (Wildman–Crippen MR) is 142 cm³/mol. The van der Waals surface area contributed by atoms with Crippen molar-refractivity contribution in [3.63, 3.8) is 0 Å². The van der Waals surface area contributed by atoms with Crippen LogP contribution in [0.25, 0.3) is 0 Å². The van der Waals surface area contributed by atoms with Crippen molar-refractivity contribution in [2.45, 2.75) is 13.8 Å². The molecule has 0 fully saturated rings. The summed E-state index contributed by atoms with van der Waals surface area (Å²) in [6, 6.07) is 19.9. The highest BCUT2D eigenvalue weighted by Gasteiger charge is 2.15.